The smallest absolute Gasteiger partial charge is 0.317 e. The van der Waals surface area contributed by atoms with Crippen LogP contribution in [0, 0.1) is 0 Å². The molecule has 0 fully saturated rings. The highest BCUT2D eigenvalue weighted by molar-refractivity contribution is 5.69. The molecule has 198 valence electrons. The first kappa shape index (κ1) is 29.0. The summed E-state index contributed by atoms with van der Waals surface area (Å²) in [4.78, 5) is 25.8. The van der Waals surface area contributed by atoms with Crippen molar-refractivity contribution in [2.45, 2.75) is 38.4 Å². The predicted octanol–water partition coefficient (Wildman–Crippen LogP) is -0.722. The Bertz CT molecular complexity index is 1030. The molecule has 0 saturated carbocycles. The third-order valence-electron chi connectivity index (χ3n) is 5.84. The molecule has 2 aromatic rings. The molecule has 0 aliphatic heterocycles. The minimum atomic E-state index is -1.26. The van der Waals surface area contributed by atoms with E-state index in [0.29, 0.717) is 16.7 Å². The number of nitrogens with zero attached hydrogens (tertiary/aromatic N) is 2. The van der Waals surface area contributed by atoms with Crippen LogP contribution in [0.25, 0.3) is 0 Å². The van der Waals surface area contributed by atoms with E-state index in [0.717, 1.165) is 0 Å². The van der Waals surface area contributed by atoms with Crippen LogP contribution in [-0.4, -0.2) is 101 Å². The lowest BCUT2D eigenvalue weighted by Crippen LogP contribution is -2.56. The van der Waals surface area contributed by atoms with Crippen molar-refractivity contribution in [3.63, 3.8) is 0 Å². The van der Waals surface area contributed by atoms with Crippen molar-refractivity contribution in [2.75, 3.05) is 26.3 Å². The number of phenols is 2. The Hall–Kier alpha value is -3.26. The van der Waals surface area contributed by atoms with Gasteiger partial charge in [-0.3, -0.25) is 19.4 Å². The Morgan fingerprint density at radius 1 is 0.667 bits per heavy atom. The number of benzene rings is 2. The fraction of sp³-hybridized carbons (Fsp3) is 0.417. The molecule has 0 aromatic heterocycles. The van der Waals surface area contributed by atoms with Gasteiger partial charge in [-0.1, -0.05) is 18.2 Å². The highest BCUT2D eigenvalue weighted by Gasteiger charge is 2.34. The zero-order valence-electron chi connectivity index (χ0n) is 19.6. The van der Waals surface area contributed by atoms with Crippen LogP contribution in [0.4, 0.5) is 0 Å². The van der Waals surface area contributed by atoms with E-state index in [1.807, 2.05) is 0 Å². The molecule has 12 nitrogen and oxygen atoms in total. The lowest BCUT2D eigenvalue weighted by atomic mass is 10.0. The third-order valence-corrected chi connectivity index (χ3v) is 5.84. The monoisotopic (exact) mass is 508 g/mol. The summed E-state index contributed by atoms with van der Waals surface area (Å²) in [6.45, 7) is -3.52. The van der Waals surface area contributed by atoms with Gasteiger partial charge in [0.25, 0.3) is 0 Å². The van der Waals surface area contributed by atoms with Crippen LogP contribution in [0.5, 0.6) is 11.5 Å². The van der Waals surface area contributed by atoms with Gasteiger partial charge in [-0.05, 0) is 29.3 Å². The number of carboxylic acids is 2. The van der Waals surface area contributed by atoms with Crippen LogP contribution in [0.1, 0.15) is 22.3 Å². The summed E-state index contributed by atoms with van der Waals surface area (Å²) < 4.78 is 0. The number of aromatic hydroxyl groups is 2. The number of rotatable bonds is 15. The van der Waals surface area contributed by atoms with Gasteiger partial charge in [-0.25, -0.2) is 0 Å². The molecule has 2 rings (SSSR count). The second-order valence-electron chi connectivity index (χ2n) is 8.34. The highest BCUT2D eigenvalue weighted by Crippen LogP contribution is 2.26. The number of carboxylic acid groups (broad SMARTS) is 2. The predicted molar refractivity (Wildman–Crippen MR) is 126 cm³/mol. The molecular weight excluding hydrogens is 476 g/mol. The van der Waals surface area contributed by atoms with E-state index < -0.39 is 50.3 Å². The largest absolute Gasteiger partial charge is 0.508 e. The molecule has 0 bridgehead atoms. The minimum Gasteiger partial charge on any atom is -0.508 e. The maximum atomic E-state index is 11.6. The van der Waals surface area contributed by atoms with Crippen molar-refractivity contribution in [3.8, 4) is 11.5 Å². The van der Waals surface area contributed by atoms with E-state index in [2.05, 4.69) is 0 Å². The Labute approximate surface area is 207 Å². The minimum absolute atomic E-state index is 0.169. The molecular formula is C24H32N2O10. The second-order valence-corrected chi connectivity index (χ2v) is 8.34. The van der Waals surface area contributed by atoms with Crippen LogP contribution in [0.2, 0.25) is 0 Å². The van der Waals surface area contributed by atoms with E-state index in [1.54, 1.807) is 6.07 Å². The molecule has 0 spiro atoms. The molecule has 2 aromatic carbocycles. The number of aliphatic carboxylic acids is 2. The quantitative estimate of drug-likeness (QED) is 0.150. The van der Waals surface area contributed by atoms with Gasteiger partial charge in [0, 0.05) is 24.2 Å². The number of carbonyl (C=O) groups is 2. The number of hydrogen-bond acceptors (Lipinski definition) is 10. The van der Waals surface area contributed by atoms with Crippen LogP contribution >= 0.6 is 0 Å². The Morgan fingerprint density at radius 2 is 1.14 bits per heavy atom. The van der Waals surface area contributed by atoms with Gasteiger partial charge in [0.1, 0.15) is 11.5 Å². The second kappa shape index (κ2) is 13.7. The molecule has 36 heavy (non-hydrogen) atoms. The Balaban J connectivity index is 2.44. The van der Waals surface area contributed by atoms with Crippen molar-refractivity contribution < 1.29 is 50.4 Å². The maximum Gasteiger partial charge on any atom is 0.317 e. The fourth-order valence-corrected chi connectivity index (χ4v) is 4.03. The summed E-state index contributed by atoms with van der Waals surface area (Å²) in [7, 11) is 0. The normalized spacial score (nSPS) is 13.2. The number of aliphatic hydroxyl groups excluding tert-OH is 4. The van der Waals surface area contributed by atoms with Crippen LogP contribution in [0.3, 0.4) is 0 Å². The summed E-state index contributed by atoms with van der Waals surface area (Å²) >= 11 is 0. The van der Waals surface area contributed by atoms with Crippen molar-refractivity contribution >= 4 is 11.9 Å². The van der Waals surface area contributed by atoms with Gasteiger partial charge in [0.15, 0.2) is 0 Å². The maximum absolute atomic E-state index is 11.6. The topological polar surface area (TPSA) is 202 Å². The van der Waals surface area contributed by atoms with E-state index in [-0.39, 0.29) is 43.4 Å². The molecule has 8 N–H and O–H groups in total. The zero-order valence-corrected chi connectivity index (χ0v) is 19.6. The molecule has 0 saturated heterocycles. The van der Waals surface area contributed by atoms with Crippen LogP contribution in [0.15, 0.2) is 36.4 Å². The average molecular weight is 509 g/mol. The van der Waals surface area contributed by atoms with Gasteiger partial charge >= 0.3 is 11.9 Å². The van der Waals surface area contributed by atoms with Gasteiger partial charge in [-0.15, -0.1) is 0 Å². The summed E-state index contributed by atoms with van der Waals surface area (Å²) in [5, 5.41) is 78.7. The Morgan fingerprint density at radius 3 is 1.58 bits per heavy atom. The van der Waals surface area contributed by atoms with E-state index in [1.165, 1.54) is 40.1 Å². The van der Waals surface area contributed by atoms with Crippen LogP contribution < -0.4 is 0 Å². The summed E-state index contributed by atoms with van der Waals surface area (Å²) in [5.41, 5.74) is 1.46. The van der Waals surface area contributed by atoms with Crippen molar-refractivity contribution in [3.05, 3.63) is 58.7 Å². The lowest BCUT2D eigenvalue weighted by Gasteiger charge is -2.40. The van der Waals surface area contributed by atoms with E-state index in [9.17, 15) is 50.4 Å². The zero-order chi connectivity index (χ0) is 26.8. The SMILES string of the molecule is O=C(O)CN(Cc1ccc(CO)cc1O)C(CO)C(CO)N(CC(=O)O)Cc1cc(CO)ccc1O. The molecule has 0 aliphatic carbocycles. The van der Waals surface area contributed by atoms with Gasteiger partial charge in [-0.2, -0.15) is 0 Å². The number of phenolic OH excluding ortho intramolecular Hbond substituents is 2. The standard InChI is InChI=1S/C24H32N2O10/c27-11-15-2-4-21(31)18(5-15)8-26(10-24(35)36)20(14-30)19(13-29)25(9-23(33)34)7-17-3-1-16(12-28)6-22(17)32/h1-6,19-20,27-32H,7-14H2,(H,33,34)(H,35,36). The van der Waals surface area contributed by atoms with Crippen molar-refractivity contribution in [1.29, 1.82) is 0 Å². The van der Waals surface area contributed by atoms with Crippen molar-refractivity contribution in [2.24, 2.45) is 0 Å². The molecule has 0 aliphatic rings. The molecule has 2 atom stereocenters. The fourth-order valence-electron chi connectivity index (χ4n) is 4.03. The lowest BCUT2D eigenvalue weighted by molar-refractivity contribution is -0.143. The third kappa shape index (κ3) is 7.88. The van der Waals surface area contributed by atoms with Gasteiger partial charge < -0.3 is 40.9 Å². The highest BCUT2D eigenvalue weighted by atomic mass is 16.4. The van der Waals surface area contributed by atoms with Crippen molar-refractivity contribution in [1.82, 2.24) is 9.80 Å². The molecule has 0 amide bonds. The van der Waals surface area contributed by atoms with Gasteiger partial charge in [0.2, 0.25) is 0 Å². The van der Waals surface area contributed by atoms with Gasteiger partial charge in [0.05, 0.1) is 51.6 Å². The van der Waals surface area contributed by atoms with E-state index >= 15 is 0 Å². The molecule has 12 heteroatoms. The summed E-state index contributed by atoms with van der Waals surface area (Å²) in [6.07, 6.45) is 0. The number of hydrogen-bond donors (Lipinski definition) is 8. The first-order chi connectivity index (χ1) is 17.1. The Kier molecular flexibility index (Phi) is 11.0. The van der Waals surface area contributed by atoms with E-state index in [4.69, 9.17) is 0 Å². The first-order valence-corrected chi connectivity index (χ1v) is 11.1. The summed E-state index contributed by atoms with van der Waals surface area (Å²) in [5.74, 6) is -2.89. The molecule has 2 unspecified atom stereocenters. The molecule has 0 radical (unpaired) electrons. The first-order valence-electron chi connectivity index (χ1n) is 11.1. The summed E-state index contributed by atoms with van der Waals surface area (Å²) in [6, 6.07) is 6.47. The van der Waals surface area contributed by atoms with Crippen LogP contribution in [-0.2, 0) is 35.9 Å². The molecule has 0 heterocycles. The number of aliphatic hydroxyl groups is 4. The average Bonchev–Trinajstić information content (AvgIpc) is 2.83.